The van der Waals surface area contributed by atoms with E-state index in [1.54, 1.807) is 24.3 Å². The van der Waals surface area contributed by atoms with Gasteiger partial charge >= 0.3 is 6.18 Å². The molecule has 0 radical (unpaired) electrons. The van der Waals surface area contributed by atoms with Gasteiger partial charge in [-0.1, -0.05) is 30.3 Å². The van der Waals surface area contributed by atoms with Crippen LogP contribution in [0.4, 0.5) is 19.0 Å². The first kappa shape index (κ1) is 16.3. The van der Waals surface area contributed by atoms with E-state index in [9.17, 15) is 13.2 Å². The van der Waals surface area contributed by atoms with Gasteiger partial charge in [-0.3, -0.25) is 0 Å². The highest BCUT2D eigenvalue weighted by molar-refractivity contribution is 5.46. The first-order chi connectivity index (χ1) is 11.0. The molecule has 0 fully saturated rings. The van der Waals surface area contributed by atoms with Crippen molar-refractivity contribution in [1.82, 2.24) is 4.98 Å². The SMILES string of the molecule is N#CC[C@@H](Nc1ccc(C(F)(F)F)c(C#N)n1)c1ccccc1. The summed E-state index contributed by atoms with van der Waals surface area (Å²) in [4.78, 5) is 3.70. The van der Waals surface area contributed by atoms with Gasteiger partial charge in [-0.05, 0) is 17.7 Å². The van der Waals surface area contributed by atoms with E-state index in [4.69, 9.17) is 10.5 Å². The summed E-state index contributed by atoms with van der Waals surface area (Å²) in [6, 6.07) is 14.0. The van der Waals surface area contributed by atoms with Crippen molar-refractivity contribution in [3.63, 3.8) is 0 Å². The predicted molar refractivity (Wildman–Crippen MR) is 77.0 cm³/mol. The fourth-order valence-electron chi connectivity index (χ4n) is 2.06. The van der Waals surface area contributed by atoms with Crippen molar-refractivity contribution >= 4 is 5.82 Å². The normalized spacial score (nSPS) is 12.0. The molecule has 1 aromatic heterocycles. The average molecular weight is 316 g/mol. The summed E-state index contributed by atoms with van der Waals surface area (Å²) in [5.74, 6) is 0.110. The Balaban J connectivity index is 2.32. The summed E-state index contributed by atoms with van der Waals surface area (Å²) in [5, 5.41) is 20.7. The standard InChI is InChI=1S/C16H11F3N4/c17-16(18,19)12-6-7-15(23-14(12)10-21)22-13(8-9-20)11-4-2-1-3-5-11/h1-7,13H,8H2,(H,22,23)/t13-/m1/s1. The van der Waals surface area contributed by atoms with E-state index in [0.29, 0.717) is 0 Å². The average Bonchev–Trinajstić information content (AvgIpc) is 2.54. The lowest BCUT2D eigenvalue weighted by Gasteiger charge is -2.18. The van der Waals surface area contributed by atoms with Gasteiger partial charge in [0, 0.05) is 0 Å². The molecule has 1 N–H and O–H groups in total. The van der Waals surface area contributed by atoms with Crippen molar-refractivity contribution in [1.29, 1.82) is 10.5 Å². The molecule has 2 rings (SSSR count). The van der Waals surface area contributed by atoms with Crippen LogP contribution in [0.5, 0.6) is 0 Å². The third-order valence-corrected chi connectivity index (χ3v) is 3.13. The Bertz CT molecular complexity index is 758. The summed E-state index contributed by atoms with van der Waals surface area (Å²) in [5.41, 5.74) is -0.984. The van der Waals surface area contributed by atoms with E-state index in [-0.39, 0.29) is 12.2 Å². The van der Waals surface area contributed by atoms with Crippen LogP contribution in [0, 0.1) is 22.7 Å². The highest BCUT2D eigenvalue weighted by atomic mass is 19.4. The van der Waals surface area contributed by atoms with E-state index >= 15 is 0 Å². The van der Waals surface area contributed by atoms with E-state index in [1.807, 2.05) is 12.1 Å². The van der Waals surface area contributed by atoms with Gasteiger partial charge < -0.3 is 5.32 Å². The number of halogens is 3. The summed E-state index contributed by atoms with van der Waals surface area (Å²) < 4.78 is 38.3. The van der Waals surface area contributed by atoms with Gasteiger partial charge in [0.1, 0.15) is 11.9 Å². The van der Waals surface area contributed by atoms with Crippen LogP contribution >= 0.6 is 0 Å². The quantitative estimate of drug-likeness (QED) is 0.924. The lowest BCUT2D eigenvalue weighted by Crippen LogP contribution is -2.14. The first-order valence-corrected chi connectivity index (χ1v) is 6.62. The molecule has 1 atom stereocenters. The van der Waals surface area contributed by atoms with E-state index in [1.165, 1.54) is 6.07 Å². The van der Waals surface area contributed by atoms with Crippen LogP contribution in [0.25, 0.3) is 0 Å². The zero-order valence-electron chi connectivity index (χ0n) is 11.8. The topological polar surface area (TPSA) is 72.5 Å². The molecule has 4 nitrogen and oxygen atoms in total. The largest absolute Gasteiger partial charge is 0.419 e. The maximum atomic E-state index is 12.8. The van der Waals surface area contributed by atoms with E-state index in [2.05, 4.69) is 10.3 Å². The number of alkyl halides is 3. The van der Waals surface area contributed by atoms with Crippen molar-refractivity contribution in [3.8, 4) is 12.1 Å². The Morgan fingerprint density at radius 1 is 1.09 bits per heavy atom. The van der Waals surface area contributed by atoms with Gasteiger partial charge in [0.2, 0.25) is 0 Å². The molecular formula is C16H11F3N4. The van der Waals surface area contributed by atoms with Gasteiger partial charge in [-0.15, -0.1) is 0 Å². The molecule has 1 heterocycles. The highest BCUT2D eigenvalue weighted by Gasteiger charge is 2.34. The van der Waals surface area contributed by atoms with Crippen molar-refractivity contribution in [2.75, 3.05) is 5.32 Å². The lowest BCUT2D eigenvalue weighted by molar-refractivity contribution is -0.138. The molecule has 0 amide bonds. The first-order valence-electron chi connectivity index (χ1n) is 6.62. The van der Waals surface area contributed by atoms with Crippen molar-refractivity contribution < 1.29 is 13.2 Å². The molecule has 7 heteroatoms. The van der Waals surface area contributed by atoms with Crippen LogP contribution < -0.4 is 5.32 Å². The minimum Gasteiger partial charge on any atom is -0.362 e. The van der Waals surface area contributed by atoms with Crippen LogP contribution in [0.1, 0.15) is 29.3 Å². The summed E-state index contributed by atoms with van der Waals surface area (Å²) in [6.45, 7) is 0. The smallest absolute Gasteiger partial charge is 0.362 e. The third kappa shape index (κ3) is 3.98. The molecule has 0 saturated carbocycles. The van der Waals surface area contributed by atoms with Gasteiger partial charge in [-0.2, -0.15) is 23.7 Å². The number of nitrogens with one attached hydrogen (secondary N) is 1. The molecule has 23 heavy (non-hydrogen) atoms. The second kappa shape index (κ2) is 6.80. The highest BCUT2D eigenvalue weighted by Crippen LogP contribution is 2.32. The van der Waals surface area contributed by atoms with Crippen molar-refractivity contribution in [3.05, 3.63) is 59.3 Å². The maximum Gasteiger partial charge on any atom is 0.419 e. The Morgan fingerprint density at radius 3 is 2.35 bits per heavy atom. The predicted octanol–water partition coefficient (Wildman–Crippen LogP) is 4.04. The summed E-state index contributed by atoms with van der Waals surface area (Å²) >= 11 is 0. The lowest BCUT2D eigenvalue weighted by atomic mass is 10.0. The second-order valence-electron chi connectivity index (χ2n) is 4.67. The van der Waals surface area contributed by atoms with Crippen LogP contribution in [0.15, 0.2) is 42.5 Å². The Kier molecular flexibility index (Phi) is 4.82. The van der Waals surface area contributed by atoms with E-state index < -0.39 is 23.5 Å². The number of pyridine rings is 1. The van der Waals surface area contributed by atoms with Crippen LogP contribution in [0.3, 0.4) is 0 Å². The molecular weight excluding hydrogens is 305 g/mol. The van der Waals surface area contributed by atoms with Crippen LogP contribution in [0.2, 0.25) is 0 Å². The maximum absolute atomic E-state index is 12.8. The van der Waals surface area contributed by atoms with Crippen LogP contribution in [-0.2, 0) is 6.18 Å². The molecule has 116 valence electrons. The number of rotatable bonds is 4. The molecule has 0 spiro atoms. The molecule has 0 saturated heterocycles. The molecule has 0 aliphatic rings. The summed E-state index contributed by atoms with van der Waals surface area (Å²) in [7, 11) is 0. The number of nitriles is 2. The zero-order chi connectivity index (χ0) is 16.9. The monoisotopic (exact) mass is 316 g/mol. The summed E-state index contributed by atoms with van der Waals surface area (Å²) in [6.07, 6.45) is -4.53. The van der Waals surface area contributed by atoms with Gasteiger partial charge in [-0.25, -0.2) is 4.98 Å². The van der Waals surface area contributed by atoms with Crippen molar-refractivity contribution in [2.24, 2.45) is 0 Å². The number of anilines is 1. The number of hydrogen-bond acceptors (Lipinski definition) is 4. The molecule has 0 unspecified atom stereocenters. The number of benzene rings is 1. The number of aromatic nitrogens is 1. The van der Waals surface area contributed by atoms with Crippen molar-refractivity contribution in [2.45, 2.75) is 18.6 Å². The Labute approximate surface area is 130 Å². The van der Waals surface area contributed by atoms with E-state index in [0.717, 1.165) is 17.7 Å². The molecule has 0 aliphatic carbocycles. The molecule has 1 aromatic carbocycles. The minimum atomic E-state index is -4.64. The second-order valence-corrected chi connectivity index (χ2v) is 4.67. The fourth-order valence-corrected chi connectivity index (χ4v) is 2.06. The number of hydrogen-bond donors (Lipinski definition) is 1. The van der Waals surface area contributed by atoms with Gasteiger partial charge in [0.15, 0.2) is 5.69 Å². The van der Waals surface area contributed by atoms with Gasteiger partial charge in [0.25, 0.3) is 0 Å². The Hall–Kier alpha value is -3.06. The third-order valence-electron chi connectivity index (χ3n) is 3.13. The molecule has 0 bridgehead atoms. The fraction of sp³-hybridized carbons (Fsp3) is 0.188. The minimum absolute atomic E-state index is 0.106. The molecule has 0 aliphatic heterocycles. The number of nitrogens with zero attached hydrogens (tertiary/aromatic N) is 3. The van der Waals surface area contributed by atoms with Gasteiger partial charge in [0.05, 0.1) is 24.1 Å². The molecule has 2 aromatic rings. The zero-order valence-corrected chi connectivity index (χ0v) is 11.8. The van der Waals surface area contributed by atoms with Crippen LogP contribution in [-0.4, -0.2) is 4.98 Å². The Morgan fingerprint density at radius 2 is 1.78 bits per heavy atom.